The number of ether oxygens (including phenoxy) is 2. The molecule has 29 heavy (non-hydrogen) atoms. The fourth-order valence-corrected chi connectivity index (χ4v) is 4.12. The average Bonchev–Trinajstić information content (AvgIpc) is 2.57. The molecule has 1 rings (SSSR count). The van der Waals surface area contributed by atoms with E-state index in [0.717, 1.165) is 5.56 Å². The van der Waals surface area contributed by atoms with Gasteiger partial charge in [-0.2, -0.15) is 0 Å². The van der Waals surface area contributed by atoms with Crippen molar-refractivity contribution in [2.75, 3.05) is 7.05 Å². The molecule has 0 aromatic carbocycles. The Kier molecular flexibility index (Phi) is 8.52. The Bertz CT molecular complexity index is 713. The number of nitrogens with two attached hydrogens (primary N) is 1. The molecule has 0 aliphatic heterocycles. The topological polar surface area (TPSA) is 112 Å². The van der Waals surface area contributed by atoms with E-state index in [1.807, 2.05) is 0 Å². The molecule has 1 aromatic heterocycles. The summed E-state index contributed by atoms with van der Waals surface area (Å²) in [6, 6.07) is 2.01. The molecule has 9 heteroatoms. The van der Waals surface area contributed by atoms with Gasteiger partial charge in [0.2, 0.25) is 0 Å². The van der Waals surface area contributed by atoms with Crippen molar-refractivity contribution < 1.29 is 23.9 Å². The second-order valence-electron chi connectivity index (χ2n) is 9.28. The number of likely N-dealkylation sites (N-methyl/N-ethyl adjacent to an activating group) is 1. The lowest BCUT2D eigenvalue weighted by Gasteiger charge is -2.32. The first-order valence-corrected chi connectivity index (χ1v) is 13.3. The van der Waals surface area contributed by atoms with E-state index < -0.39 is 43.8 Å². The molecule has 2 atom stereocenters. The van der Waals surface area contributed by atoms with Gasteiger partial charge >= 0.3 is 18.0 Å². The van der Waals surface area contributed by atoms with Crippen LogP contribution in [0.4, 0.5) is 4.79 Å². The van der Waals surface area contributed by atoms with E-state index in [1.54, 1.807) is 45.3 Å². The van der Waals surface area contributed by atoms with Crippen molar-refractivity contribution in [3.63, 3.8) is 0 Å². The monoisotopic (exact) mass is 423 g/mol. The summed E-state index contributed by atoms with van der Waals surface area (Å²) in [5, 5.41) is 0. The number of aromatic nitrogens is 1. The third kappa shape index (κ3) is 9.18. The Morgan fingerprint density at radius 2 is 1.83 bits per heavy atom. The summed E-state index contributed by atoms with van der Waals surface area (Å²) in [5.41, 5.74) is 5.94. The van der Waals surface area contributed by atoms with Gasteiger partial charge in [0.15, 0.2) is 0 Å². The highest BCUT2D eigenvalue weighted by molar-refractivity contribution is 6.76. The Labute approximate surface area is 173 Å². The van der Waals surface area contributed by atoms with Crippen LogP contribution in [0.2, 0.25) is 25.7 Å². The minimum atomic E-state index is -1.79. The van der Waals surface area contributed by atoms with Crippen LogP contribution in [0.1, 0.15) is 26.3 Å². The summed E-state index contributed by atoms with van der Waals surface area (Å²) in [7, 11) is -0.318. The van der Waals surface area contributed by atoms with Crippen molar-refractivity contribution in [2.24, 2.45) is 5.73 Å². The molecule has 0 aliphatic rings. The van der Waals surface area contributed by atoms with E-state index in [-0.39, 0.29) is 6.42 Å². The number of carbonyl (C=O) groups is 3. The summed E-state index contributed by atoms with van der Waals surface area (Å²) in [6.07, 6.45) is 2.76. The maximum Gasteiger partial charge on any atom is 0.410 e. The molecule has 1 heterocycles. The molecule has 0 bridgehead atoms. The molecule has 0 saturated carbocycles. The number of nitrogens with zero attached hydrogens (tertiary/aromatic N) is 2. The normalized spacial score (nSPS) is 13.9. The summed E-state index contributed by atoms with van der Waals surface area (Å²) in [4.78, 5) is 42.7. The van der Waals surface area contributed by atoms with Crippen LogP contribution in [0, 0.1) is 0 Å². The number of carbonyl (C=O) groups excluding carboxylic acids is 3. The first-order chi connectivity index (χ1) is 13.2. The predicted molar refractivity (Wildman–Crippen MR) is 113 cm³/mol. The van der Waals surface area contributed by atoms with Gasteiger partial charge in [-0.25, -0.2) is 14.4 Å². The second kappa shape index (κ2) is 9.97. The molecule has 0 fully saturated rings. The van der Waals surface area contributed by atoms with Gasteiger partial charge < -0.3 is 15.2 Å². The van der Waals surface area contributed by atoms with Crippen LogP contribution in [-0.2, 0) is 25.5 Å². The number of rotatable bonds is 7. The number of hydrogen-bond donors (Lipinski definition) is 1. The second-order valence-corrected chi connectivity index (χ2v) is 14.8. The number of pyridine rings is 1. The fraction of sp³-hybridized carbons (Fsp3) is 0.600. The summed E-state index contributed by atoms with van der Waals surface area (Å²) < 4.78 is 10.4. The molecular weight excluding hydrogens is 390 g/mol. The van der Waals surface area contributed by atoms with Crippen molar-refractivity contribution >= 4 is 26.1 Å². The largest absolute Gasteiger partial charge is 0.444 e. The standard InChI is InChI=1S/C20H33N3O5Si/c1-20(2,3)28-19(26)23(4)16(13-29(5,6)7)18(25)27-17(24)15(21)11-14-9-8-10-22-12-14/h8-10,12,15-16H,11,13,21H2,1-7H3/t15-,16+/m0/s1. The van der Waals surface area contributed by atoms with Crippen molar-refractivity contribution in [3.8, 4) is 0 Å². The van der Waals surface area contributed by atoms with Gasteiger partial charge in [0.05, 0.1) is 0 Å². The molecule has 0 radical (unpaired) electrons. The van der Waals surface area contributed by atoms with Gasteiger partial charge in [0.25, 0.3) is 0 Å². The van der Waals surface area contributed by atoms with E-state index in [9.17, 15) is 14.4 Å². The Hall–Kier alpha value is -2.26. The lowest BCUT2D eigenvalue weighted by atomic mass is 10.1. The summed E-state index contributed by atoms with van der Waals surface area (Å²) in [6.45, 7) is 11.4. The van der Waals surface area contributed by atoms with Crippen LogP contribution >= 0.6 is 0 Å². The zero-order valence-corrected chi connectivity index (χ0v) is 19.4. The zero-order chi connectivity index (χ0) is 22.4. The Morgan fingerprint density at radius 1 is 1.21 bits per heavy atom. The van der Waals surface area contributed by atoms with Gasteiger partial charge in [0, 0.05) is 27.5 Å². The average molecular weight is 424 g/mol. The molecule has 0 aliphatic carbocycles. The van der Waals surface area contributed by atoms with E-state index in [0.29, 0.717) is 6.04 Å². The lowest BCUT2D eigenvalue weighted by Crippen LogP contribution is -2.50. The first-order valence-electron chi connectivity index (χ1n) is 9.55. The molecule has 2 N–H and O–H groups in total. The number of hydrogen-bond acceptors (Lipinski definition) is 7. The van der Waals surface area contributed by atoms with E-state index in [2.05, 4.69) is 24.6 Å². The van der Waals surface area contributed by atoms with Crippen LogP contribution in [0.25, 0.3) is 0 Å². The molecular formula is C20H33N3O5Si. The molecule has 0 unspecified atom stereocenters. The molecule has 1 aromatic rings. The highest BCUT2D eigenvalue weighted by Gasteiger charge is 2.36. The molecule has 0 saturated heterocycles. The van der Waals surface area contributed by atoms with Crippen LogP contribution in [0.3, 0.4) is 0 Å². The van der Waals surface area contributed by atoms with Crippen molar-refractivity contribution in [1.29, 1.82) is 0 Å². The van der Waals surface area contributed by atoms with Crippen LogP contribution in [-0.4, -0.2) is 60.7 Å². The van der Waals surface area contributed by atoms with Crippen molar-refractivity contribution in [2.45, 2.75) is 70.6 Å². The summed E-state index contributed by atoms with van der Waals surface area (Å²) in [5.74, 6) is -1.63. The molecule has 8 nitrogen and oxygen atoms in total. The summed E-state index contributed by atoms with van der Waals surface area (Å²) >= 11 is 0. The third-order valence-corrected chi connectivity index (χ3v) is 5.52. The SMILES string of the molecule is CN(C(=O)OC(C)(C)C)[C@H](C[Si](C)(C)C)C(=O)OC(=O)[C@@H](N)Cc1cccnc1. The molecule has 1 amide bonds. The minimum Gasteiger partial charge on any atom is -0.444 e. The van der Waals surface area contributed by atoms with Crippen LogP contribution < -0.4 is 5.73 Å². The molecule has 162 valence electrons. The zero-order valence-electron chi connectivity index (χ0n) is 18.4. The van der Waals surface area contributed by atoms with Crippen LogP contribution in [0.5, 0.6) is 0 Å². The fourth-order valence-electron chi connectivity index (χ4n) is 2.52. The number of amides is 1. The van der Waals surface area contributed by atoms with Crippen molar-refractivity contribution in [3.05, 3.63) is 30.1 Å². The lowest BCUT2D eigenvalue weighted by molar-refractivity contribution is -0.163. The van der Waals surface area contributed by atoms with Crippen molar-refractivity contribution in [1.82, 2.24) is 9.88 Å². The highest BCUT2D eigenvalue weighted by Crippen LogP contribution is 2.20. The Balaban J connectivity index is 2.87. The first kappa shape index (κ1) is 24.8. The van der Waals surface area contributed by atoms with Gasteiger partial charge in [-0.15, -0.1) is 0 Å². The van der Waals surface area contributed by atoms with E-state index in [1.165, 1.54) is 11.9 Å². The predicted octanol–water partition coefficient (Wildman–Crippen LogP) is 2.59. The van der Waals surface area contributed by atoms with E-state index >= 15 is 0 Å². The maximum atomic E-state index is 12.8. The van der Waals surface area contributed by atoms with Gasteiger partial charge in [-0.05, 0) is 44.9 Å². The Morgan fingerprint density at radius 3 is 2.31 bits per heavy atom. The van der Waals surface area contributed by atoms with Gasteiger partial charge in [-0.1, -0.05) is 25.7 Å². The molecule has 0 spiro atoms. The highest BCUT2D eigenvalue weighted by atomic mass is 28.3. The van der Waals surface area contributed by atoms with Crippen LogP contribution in [0.15, 0.2) is 24.5 Å². The van der Waals surface area contributed by atoms with Gasteiger partial charge in [0.1, 0.15) is 17.7 Å². The maximum absolute atomic E-state index is 12.8. The quantitative estimate of drug-likeness (QED) is 0.407. The van der Waals surface area contributed by atoms with E-state index in [4.69, 9.17) is 15.2 Å². The van der Waals surface area contributed by atoms with Gasteiger partial charge in [-0.3, -0.25) is 9.88 Å². The number of esters is 2. The minimum absolute atomic E-state index is 0.195. The smallest absolute Gasteiger partial charge is 0.410 e. The third-order valence-electron chi connectivity index (χ3n) is 3.91.